The highest BCUT2D eigenvalue weighted by molar-refractivity contribution is 7.99. The second-order valence-corrected chi connectivity index (χ2v) is 7.65. The number of nitrogens with zero attached hydrogens (tertiary/aromatic N) is 1. The normalized spacial score (nSPS) is 30.7. The van der Waals surface area contributed by atoms with Crippen molar-refractivity contribution in [1.82, 2.24) is 5.32 Å². The summed E-state index contributed by atoms with van der Waals surface area (Å²) >= 11 is 1.64. The molecule has 0 spiro atoms. The van der Waals surface area contributed by atoms with E-state index in [2.05, 4.69) is 5.32 Å². The van der Waals surface area contributed by atoms with Crippen molar-refractivity contribution in [2.24, 2.45) is 5.92 Å². The monoisotopic (exact) mass is 327 g/mol. The Morgan fingerprint density at radius 2 is 1.68 bits per heavy atom. The summed E-state index contributed by atoms with van der Waals surface area (Å²) < 4.78 is 1.21. The van der Waals surface area contributed by atoms with Crippen LogP contribution in [0.4, 0.5) is 0 Å². The zero-order chi connectivity index (χ0) is 15.6. The van der Waals surface area contributed by atoms with Crippen LogP contribution in [0.5, 0.6) is 0 Å². The molecule has 4 nitrogen and oxygen atoms in total. The first-order valence-corrected chi connectivity index (χ1v) is 10.2. The van der Waals surface area contributed by atoms with Crippen molar-refractivity contribution in [3.8, 4) is 0 Å². The van der Waals surface area contributed by atoms with Gasteiger partial charge in [0, 0.05) is 28.4 Å². The first-order chi connectivity index (χ1) is 10.8. The summed E-state index contributed by atoms with van der Waals surface area (Å²) in [6, 6.07) is -0.0856. The Hall–Kier alpha value is -0.420. The molecular formula is C17H31N2O2S+. The Morgan fingerprint density at radius 1 is 0.955 bits per heavy atom. The van der Waals surface area contributed by atoms with Gasteiger partial charge in [0.2, 0.25) is 11.9 Å². The summed E-state index contributed by atoms with van der Waals surface area (Å²) in [5, 5.41) is 3.34. The van der Waals surface area contributed by atoms with Gasteiger partial charge in [0.1, 0.15) is 5.78 Å². The van der Waals surface area contributed by atoms with Gasteiger partial charge in [0.15, 0.2) is 0 Å². The van der Waals surface area contributed by atoms with E-state index in [0.29, 0.717) is 18.1 Å². The van der Waals surface area contributed by atoms with E-state index in [0.717, 1.165) is 50.9 Å². The second kappa shape index (κ2) is 10.4. The van der Waals surface area contributed by atoms with Gasteiger partial charge in [-0.25, -0.2) is 0 Å². The van der Waals surface area contributed by atoms with Crippen LogP contribution >= 0.6 is 11.8 Å². The van der Waals surface area contributed by atoms with E-state index >= 15 is 0 Å². The first kappa shape index (κ1) is 17.9. The molecule has 5 heteroatoms. The summed E-state index contributed by atoms with van der Waals surface area (Å²) in [6.07, 6.45) is 11.7. The third-order valence-corrected chi connectivity index (χ3v) is 5.81. The number of nitrogens with one attached hydrogen (secondary N) is 1. The maximum Gasteiger partial charge on any atom is 0.238 e. The standard InChI is InChI=1S/C17H31N2O2S/c20-17-11-6-4-2-1-3-5-9-15(17)16-10-7-8-12-18-13-22-14-19(16)21/h15-16,18H,1-14H2/q+1. The maximum atomic E-state index is 12.6. The molecule has 0 bridgehead atoms. The quantitative estimate of drug-likeness (QED) is 0.743. The van der Waals surface area contributed by atoms with Crippen molar-refractivity contribution in [2.75, 3.05) is 18.3 Å². The van der Waals surface area contributed by atoms with Gasteiger partial charge in [-0.3, -0.25) is 4.79 Å². The van der Waals surface area contributed by atoms with Crippen LogP contribution in [0.2, 0.25) is 0 Å². The van der Waals surface area contributed by atoms with Crippen LogP contribution in [0.25, 0.3) is 0 Å². The number of hydrogen-bond acceptors (Lipinski definition) is 4. The van der Waals surface area contributed by atoms with Gasteiger partial charge < -0.3 is 5.32 Å². The molecule has 2 aliphatic rings. The molecule has 0 aromatic heterocycles. The molecule has 0 aromatic carbocycles. The predicted molar refractivity (Wildman–Crippen MR) is 92.0 cm³/mol. The van der Waals surface area contributed by atoms with Crippen LogP contribution in [0.3, 0.4) is 0 Å². The SMILES string of the molecule is O=C1CCCCCCCCC1C1CCCCNCSC[N+]1=O. The van der Waals surface area contributed by atoms with Crippen molar-refractivity contribution in [3.63, 3.8) is 0 Å². The van der Waals surface area contributed by atoms with Crippen molar-refractivity contribution in [3.05, 3.63) is 4.91 Å². The zero-order valence-corrected chi connectivity index (χ0v) is 14.5. The third kappa shape index (κ3) is 5.99. The highest BCUT2D eigenvalue weighted by Crippen LogP contribution is 2.26. The molecule has 22 heavy (non-hydrogen) atoms. The van der Waals surface area contributed by atoms with Crippen molar-refractivity contribution in [2.45, 2.75) is 76.7 Å². The van der Waals surface area contributed by atoms with Crippen LogP contribution in [-0.2, 0) is 4.79 Å². The van der Waals surface area contributed by atoms with Crippen molar-refractivity contribution >= 4 is 17.5 Å². The molecule has 0 amide bonds. The van der Waals surface area contributed by atoms with Crippen LogP contribution in [0.15, 0.2) is 0 Å². The molecule has 1 heterocycles. The molecule has 1 saturated carbocycles. The number of ketones is 1. The van der Waals surface area contributed by atoms with Crippen molar-refractivity contribution in [1.29, 1.82) is 0 Å². The number of carbonyl (C=O) groups excluding carboxylic acids is 1. The Balaban J connectivity index is 2.02. The van der Waals surface area contributed by atoms with Gasteiger partial charge in [-0.05, 0) is 32.2 Å². The summed E-state index contributed by atoms with van der Waals surface area (Å²) in [4.78, 5) is 25.2. The van der Waals surface area contributed by atoms with Crippen molar-refractivity contribution < 1.29 is 9.55 Å². The van der Waals surface area contributed by atoms with Crippen LogP contribution in [0, 0.1) is 10.8 Å². The maximum absolute atomic E-state index is 12.6. The Labute approximate surface area is 138 Å². The molecule has 0 radical (unpaired) electrons. The van der Waals surface area contributed by atoms with Gasteiger partial charge in [0.05, 0.1) is 5.92 Å². The van der Waals surface area contributed by atoms with Gasteiger partial charge in [-0.2, -0.15) is 0 Å². The van der Waals surface area contributed by atoms with E-state index in [-0.39, 0.29) is 12.0 Å². The number of hydrogen-bond donors (Lipinski definition) is 1. The average Bonchev–Trinajstić information content (AvgIpc) is 2.53. The number of Topliss-reactive ketones (excluding diaryl/α,β-unsaturated/α-hetero) is 1. The minimum absolute atomic E-state index is 0.0245. The van der Waals surface area contributed by atoms with Gasteiger partial charge >= 0.3 is 0 Å². The Bertz CT molecular complexity index is 329. The molecule has 2 rings (SSSR count). The van der Waals surface area contributed by atoms with Gasteiger partial charge in [-0.15, -0.1) is 0 Å². The van der Waals surface area contributed by atoms with E-state index in [4.69, 9.17) is 0 Å². The molecule has 2 unspecified atom stereocenters. The summed E-state index contributed by atoms with van der Waals surface area (Å²) in [7, 11) is 0. The molecule has 0 aromatic rings. The largest absolute Gasteiger partial charge is 0.308 e. The fraction of sp³-hybridized carbons (Fsp3) is 0.941. The lowest BCUT2D eigenvalue weighted by atomic mass is 9.83. The third-order valence-electron chi connectivity index (χ3n) is 4.96. The lowest BCUT2D eigenvalue weighted by Crippen LogP contribution is -2.38. The predicted octanol–water partition coefficient (Wildman–Crippen LogP) is 3.88. The smallest absolute Gasteiger partial charge is 0.238 e. The first-order valence-electron chi connectivity index (χ1n) is 9.04. The molecule has 1 N–H and O–H groups in total. The van der Waals surface area contributed by atoms with Crippen LogP contribution in [0.1, 0.15) is 70.6 Å². The Kier molecular flexibility index (Phi) is 8.45. The second-order valence-electron chi connectivity index (χ2n) is 6.69. The highest BCUT2D eigenvalue weighted by atomic mass is 32.2. The molecule has 1 saturated heterocycles. The minimum atomic E-state index is -0.0856. The number of thioether (sulfide) groups is 1. The van der Waals surface area contributed by atoms with Gasteiger partial charge in [-0.1, -0.05) is 43.9 Å². The molecule has 1 aliphatic heterocycles. The van der Waals surface area contributed by atoms with Crippen LogP contribution in [-0.4, -0.2) is 34.9 Å². The topological polar surface area (TPSA) is 49.2 Å². The number of rotatable bonds is 1. The van der Waals surface area contributed by atoms with Crippen LogP contribution < -0.4 is 5.32 Å². The number of carbonyl (C=O) groups is 1. The van der Waals surface area contributed by atoms with E-state index < -0.39 is 0 Å². The minimum Gasteiger partial charge on any atom is -0.308 e. The van der Waals surface area contributed by atoms with E-state index in [1.165, 1.54) is 30.4 Å². The molecule has 2 atom stereocenters. The zero-order valence-electron chi connectivity index (χ0n) is 13.7. The van der Waals surface area contributed by atoms with Gasteiger partial charge in [0.25, 0.3) is 0 Å². The molecular weight excluding hydrogens is 296 g/mol. The lowest BCUT2D eigenvalue weighted by Gasteiger charge is -2.22. The average molecular weight is 328 g/mol. The fourth-order valence-corrected chi connectivity index (χ4v) is 4.40. The summed E-state index contributed by atoms with van der Waals surface area (Å²) in [5.74, 6) is 1.66. The lowest BCUT2D eigenvalue weighted by molar-refractivity contribution is -0.575. The van der Waals surface area contributed by atoms with E-state index in [9.17, 15) is 9.70 Å². The summed E-state index contributed by atoms with van der Waals surface area (Å²) in [6.45, 7) is 1.02. The number of nitroso groups, excluding NO2 is 1. The van der Waals surface area contributed by atoms with E-state index in [1.807, 2.05) is 0 Å². The van der Waals surface area contributed by atoms with E-state index in [1.54, 1.807) is 11.8 Å². The highest BCUT2D eigenvalue weighted by Gasteiger charge is 2.38. The molecule has 126 valence electrons. The Morgan fingerprint density at radius 3 is 2.55 bits per heavy atom. The summed E-state index contributed by atoms with van der Waals surface area (Å²) in [5.41, 5.74) is 0. The fourth-order valence-electron chi connectivity index (χ4n) is 3.65. The molecule has 1 aliphatic carbocycles. The molecule has 2 fully saturated rings.